The number of carbonyl (C=O) groups is 2. The summed E-state index contributed by atoms with van der Waals surface area (Å²) in [6.07, 6.45) is 1.23. The van der Waals surface area contributed by atoms with Crippen molar-refractivity contribution < 1.29 is 19.4 Å². The molecule has 0 radical (unpaired) electrons. The van der Waals surface area contributed by atoms with E-state index >= 15 is 0 Å². The molecule has 6 nitrogen and oxygen atoms in total. The molecule has 0 saturated carbocycles. The Morgan fingerprint density at radius 1 is 1.29 bits per heavy atom. The Morgan fingerprint density at radius 2 is 2.10 bits per heavy atom. The van der Waals surface area contributed by atoms with Crippen molar-refractivity contribution in [3.63, 3.8) is 0 Å². The van der Waals surface area contributed by atoms with Gasteiger partial charge in [0.05, 0.1) is 12.2 Å². The van der Waals surface area contributed by atoms with Crippen LogP contribution in [0, 0.1) is 0 Å². The average molecular weight is 286 g/mol. The van der Waals surface area contributed by atoms with Gasteiger partial charge in [0.25, 0.3) is 5.91 Å². The Morgan fingerprint density at radius 3 is 2.71 bits per heavy atom. The number of ether oxygens (including phenoxy) is 1. The molecule has 0 atom stereocenters. The Bertz CT molecular complexity index is 653. The van der Waals surface area contributed by atoms with Crippen LogP contribution in [0.4, 0.5) is 5.69 Å². The van der Waals surface area contributed by atoms with Gasteiger partial charge in [0.15, 0.2) is 0 Å². The molecule has 21 heavy (non-hydrogen) atoms. The van der Waals surface area contributed by atoms with Crippen molar-refractivity contribution in [3.8, 4) is 5.75 Å². The minimum atomic E-state index is -1.13. The molecule has 0 bridgehead atoms. The normalized spacial score (nSPS) is 9.95. The Hall–Kier alpha value is -2.89. The maximum atomic E-state index is 12.0. The van der Waals surface area contributed by atoms with E-state index in [2.05, 4.69) is 10.3 Å². The molecule has 0 saturated heterocycles. The second-order valence-electron chi connectivity index (χ2n) is 4.15. The smallest absolute Gasteiger partial charge is 0.354 e. The standard InChI is InChI=1S/C15H14N2O4/c1-2-21-12-5-3-4-11(8-12)17-14(18)10-6-7-13(15(19)20)16-9-10/h3-9H,2H2,1H3,(H,17,18)(H,19,20). The maximum absolute atomic E-state index is 12.0. The number of hydrogen-bond donors (Lipinski definition) is 2. The monoisotopic (exact) mass is 286 g/mol. The summed E-state index contributed by atoms with van der Waals surface area (Å²) in [6, 6.07) is 9.71. The zero-order chi connectivity index (χ0) is 15.2. The summed E-state index contributed by atoms with van der Waals surface area (Å²) in [5.41, 5.74) is 0.764. The lowest BCUT2D eigenvalue weighted by Gasteiger charge is -2.08. The number of nitrogens with zero attached hydrogens (tertiary/aromatic N) is 1. The molecule has 0 aliphatic rings. The first-order valence-electron chi connectivity index (χ1n) is 6.33. The number of rotatable bonds is 5. The minimum absolute atomic E-state index is 0.107. The third kappa shape index (κ3) is 3.79. The number of hydrogen-bond acceptors (Lipinski definition) is 4. The van der Waals surface area contributed by atoms with Gasteiger partial charge in [-0.2, -0.15) is 0 Å². The van der Waals surface area contributed by atoms with E-state index in [0.717, 1.165) is 0 Å². The van der Waals surface area contributed by atoms with Crippen molar-refractivity contribution in [2.45, 2.75) is 6.92 Å². The molecule has 108 valence electrons. The van der Waals surface area contributed by atoms with E-state index in [9.17, 15) is 9.59 Å². The summed E-state index contributed by atoms with van der Waals surface area (Å²) in [7, 11) is 0. The third-order valence-corrected chi connectivity index (χ3v) is 2.65. The zero-order valence-corrected chi connectivity index (χ0v) is 11.4. The van der Waals surface area contributed by atoms with Crippen LogP contribution in [0.5, 0.6) is 5.75 Å². The average Bonchev–Trinajstić information content (AvgIpc) is 2.48. The first-order valence-corrected chi connectivity index (χ1v) is 6.33. The number of aromatic carboxylic acids is 1. The fraction of sp³-hybridized carbons (Fsp3) is 0.133. The van der Waals surface area contributed by atoms with Gasteiger partial charge in [-0.15, -0.1) is 0 Å². The first kappa shape index (κ1) is 14.5. The number of pyridine rings is 1. The highest BCUT2D eigenvalue weighted by Crippen LogP contribution is 2.18. The molecule has 6 heteroatoms. The van der Waals surface area contributed by atoms with Gasteiger partial charge in [-0.3, -0.25) is 4.79 Å². The molecule has 1 aromatic heterocycles. The number of amides is 1. The largest absolute Gasteiger partial charge is 0.494 e. The van der Waals surface area contributed by atoms with Crippen LogP contribution in [0.2, 0.25) is 0 Å². The Balaban J connectivity index is 2.10. The van der Waals surface area contributed by atoms with E-state index in [-0.39, 0.29) is 17.2 Å². The number of carbonyl (C=O) groups excluding carboxylic acids is 1. The Kier molecular flexibility index (Phi) is 4.50. The maximum Gasteiger partial charge on any atom is 0.354 e. The predicted octanol–water partition coefficient (Wildman–Crippen LogP) is 2.43. The van der Waals surface area contributed by atoms with Crippen molar-refractivity contribution in [1.82, 2.24) is 4.98 Å². The lowest BCUT2D eigenvalue weighted by molar-refractivity contribution is 0.0690. The van der Waals surface area contributed by atoms with E-state index in [1.807, 2.05) is 6.92 Å². The quantitative estimate of drug-likeness (QED) is 0.881. The van der Waals surface area contributed by atoms with Gasteiger partial charge in [0, 0.05) is 18.0 Å². The summed E-state index contributed by atoms with van der Waals surface area (Å²) < 4.78 is 5.35. The van der Waals surface area contributed by atoms with Gasteiger partial charge in [-0.1, -0.05) is 6.07 Å². The molecule has 2 rings (SSSR count). The van der Waals surface area contributed by atoms with Crippen LogP contribution in [0.25, 0.3) is 0 Å². The summed E-state index contributed by atoms with van der Waals surface area (Å²) in [6.45, 7) is 2.42. The van der Waals surface area contributed by atoms with Crippen molar-refractivity contribution in [2.75, 3.05) is 11.9 Å². The lowest BCUT2D eigenvalue weighted by Crippen LogP contribution is -2.13. The summed E-state index contributed by atoms with van der Waals surface area (Å²) >= 11 is 0. The van der Waals surface area contributed by atoms with Gasteiger partial charge in [0.2, 0.25) is 0 Å². The summed E-state index contributed by atoms with van der Waals surface area (Å²) in [5.74, 6) is -0.839. The fourth-order valence-electron chi connectivity index (χ4n) is 1.69. The van der Waals surface area contributed by atoms with E-state index in [0.29, 0.717) is 18.0 Å². The van der Waals surface area contributed by atoms with Crippen LogP contribution >= 0.6 is 0 Å². The van der Waals surface area contributed by atoms with Crippen LogP contribution in [0.1, 0.15) is 27.8 Å². The fourth-order valence-corrected chi connectivity index (χ4v) is 1.69. The molecular formula is C15H14N2O4. The second kappa shape index (κ2) is 6.51. The molecule has 0 aliphatic heterocycles. The number of aromatic nitrogens is 1. The molecular weight excluding hydrogens is 272 g/mol. The second-order valence-corrected chi connectivity index (χ2v) is 4.15. The topological polar surface area (TPSA) is 88.5 Å². The van der Waals surface area contributed by atoms with Crippen LogP contribution in [0.3, 0.4) is 0 Å². The molecule has 1 amide bonds. The number of anilines is 1. The minimum Gasteiger partial charge on any atom is -0.494 e. The van der Waals surface area contributed by atoms with Crippen LogP contribution in [-0.2, 0) is 0 Å². The van der Waals surface area contributed by atoms with Crippen LogP contribution in [0.15, 0.2) is 42.6 Å². The molecule has 0 spiro atoms. The predicted molar refractivity (Wildman–Crippen MR) is 76.8 cm³/mol. The number of carboxylic acid groups (broad SMARTS) is 1. The van der Waals surface area contributed by atoms with Gasteiger partial charge in [-0.05, 0) is 31.2 Å². The van der Waals surface area contributed by atoms with Crippen molar-refractivity contribution >= 4 is 17.6 Å². The van der Waals surface area contributed by atoms with Gasteiger partial charge >= 0.3 is 5.97 Å². The van der Waals surface area contributed by atoms with E-state index in [1.165, 1.54) is 18.3 Å². The molecule has 2 N–H and O–H groups in total. The molecule has 0 aliphatic carbocycles. The SMILES string of the molecule is CCOc1cccc(NC(=O)c2ccc(C(=O)O)nc2)c1. The molecule has 1 heterocycles. The highest BCUT2D eigenvalue weighted by atomic mass is 16.5. The molecule has 0 fully saturated rings. The number of carboxylic acids is 1. The van der Waals surface area contributed by atoms with Crippen LogP contribution in [-0.4, -0.2) is 28.6 Å². The van der Waals surface area contributed by atoms with E-state index in [4.69, 9.17) is 9.84 Å². The summed E-state index contributed by atoms with van der Waals surface area (Å²) in [4.78, 5) is 26.4. The van der Waals surface area contributed by atoms with Gasteiger partial charge < -0.3 is 15.2 Å². The molecule has 1 aromatic carbocycles. The van der Waals surface area contributed by atoms with E-state index < -0.39 is 5.97 Å². The van der Waals surface area contributed by atoms with Crippen molar-refractivity contribution in [2.24, 2.45) is 0 Å². The lowest BCUT2D eigenvalue weighted by atomic mass is 10.2. The zero-order valence-electron chi connectivity index (χ0n) is 11.4. The highest BCUT2D eigenvalue weighted by molar-refractivity contribution is 6.04. The molecule has 2 aromatic rings. The summed E-state index contributed by atoms with van der Waals surface area (Å²) in [5, 5.41) is 11.5. The highest BCUT2D eigenvalue weighted by Gasteiger charge is 2.09. The number of benzene rings is 1. The van der Waals surface area contributed by atoms with Gasteiger partial charge in [0.1, 0.15) is 11.4 Å². The Labute approximate surface area is 121 Å². The first-order chi connectivity index (χ1) is 10.1. The van der Waals surface area contributed by atoms with Gasteiger partial charge in [-0.25, -0.2) is 9.78 Å². The third-order valence-electron chi connectivity index (χ3n) is 2.65. The van der Waals surface area contributed by atoms with E-state index in [1.54, 1.807) is 24.3 Å². The van der Waals surface area contributed by atoms with Crippen molar-refractivity contribution in [1.29, 1.82) is 0 Å². The molecule has 0 unspecified atom stereocenters. The van der Waals surface area contributed by atoms with Crippen molar-refractivity contribution in [3.05, 3.63) is 53.9 Å². The number of nitrogens with one attached hydrogen (secondary N) is 1. The van der Waals surface area contributed by atoms with Crippen LogP contribution < -0.4 is 10.1 Å².